The van der Waals surface area contributed by atoms with Crippen molar-refractivity contribution in [1.82, 2.24) is 0 Å². The van der Waals surface area contributed by atoms with E-state index in [1.165, 1.54) is 30.4 Å². The maximum absolute atomic E-state index is 11.6. The fourth-order valence-corrected chi connectivity index (χ4v) is 4.19. The Morgan fingerprint density at radius 3 is 2.58 bits per heavy atom. The highest BCUT2D eigenvalue weighted by molar-refractivity contribution is 6.31. The van der Waals surface area contributed by atoms with Crippen LogP contribution in [0, 0.1) is 0 Å². The Labute approximate surface area is 191 Å². The highest BCUT2D eigenvalue weighted by Gasteiger charge is 2.24. The second kappa shape index (κ2) is 13.9. The third-order valence-electron chi connectivity index (χ3n) is 6.00. The molecule has 0 radical (unpaired) electrons. The molecule has 1 aromatic rings. The summed E-state index contributed by atoms with van der Waals surface area (Å²) in [5.74, 6) is -0.0918. The van der Waals surface area contributed by atoms with Crippen LogP contribution < -0.4 is 0 Å². The van der Waals surface area contributed by atoms with Gasteiger partial charge in [0.25, 0.3) is 0 Å². The van der Waals surface area contributed by atoms with Gasteiger partial charge in [-0.3, -0.25) is 0 Å². The molecule has 0 aliphatic heterocycles. The number of ether oxygens (including phenoxy) is 3. The lowest BCUT2D eigenvalue weighted by Crippen LogP contribution is -2.30. The minimum atomic E-state index is -0.611. The largest absolute Gasteiger partial charge is 0.459 e. The number of carbonyl (C=O) groups is 1. The predicted molar refractivity (Wildman–Crippen MR) is 124 cm³/mol. The molecule has 0 saturated heterocycles. The molecular weight excluding hydrogens is 416 g/mol. The van der Waals surface area contributed by atoms with Crippen LogP contribution in [0.4, 0.5) is 0 Å². The van der Waals surface area contributed by atoms with Crippen LogP contribution in [-0.2, 0) is 25.4 Å². The number of rotatable bonds is 13. The summed E-state index contributed by atoms with van der Waals surface area (Å²) in [4.78, 5) is 11.6. The van der Waals surface area contributed by atoms with Gasteiger partial charge in [0.2, 0.25) is 0 Å². The summed E-state index contributed by atoms with van der Waals surface area (Å²) in [5.41, 5.74) is 2.61. The molecule has 1 N–H and O–H groups in total. The normalized spacial score (nSPS) is 19.7. The van der Waals surface area contributed by atoms with Gasteiger partial charge in [0.05, 0.1) is 24.9 Å². The molecule has 1 aromatic carbocycles. The third-order valence-corrected chi connectivity index (χ3v) is 6.36. The first-order chi connectivity index (χ1) is 15.0. The lowest BCUT2D eigenvalue weighted by molar-refractivity contribution is -0.145. The van der Waals surface area contributed by atoms with Crippen LogP contribution in [0.5, 0.6) is 0 Å². The van der Waals surface area contributed by atoms with Crippen molar-refractivity contribution in [2.24, 2.45) is 0 Å². The van der Waals surface area contributed by atoms with Crippen molar-refractivity contribution in [2.45, 2.75) is 76.4 Å². The van der Waals surface area contributed by atoms with E-state index in [1.807, 2.05) is 0 Å². The summed E-state index contributed by atoms with van der Waals surface area (Å²) in [5, 5.41) is 9.81. The van der Waals surface area contributed by atoms with Crippen molar-refractivity contribution >= 4 is 17.6 Å². The van der Waals surface area contributed by atoms with Gasteiger partial charge >= 0.3 is 5.97 Å². The molecule has 0 amide bonds. The second-order valence-electron chi connectivity index (χ2n) is 8.33. The summed E-state index contributed by atoms with van der Waals surface area (Å²) >= 11 is 6.54. The monoisotopic (exact) mass is 452 g/mol. The average molecular weight is 453 g/mol. The number of hydrogen-bond acceptors (Lipinski definition) is 5. The van der Waals surface area contributed by atoms with Crippen LogP contribution in [-0.4, -0.2) is 50.2 Å². The number of aryl methyl sites for hydroxylation is 1. The van der Waals surface area contributed by atoms with Gasteiger partial charge < -0.3 is 19.3 Å². The van der Waals surface area contributed by atoms with Gasteiger partial charge in [0, 0.05) is 12.1 Å². The number of carbonyl (C=O) groups excluding carboxylic acids is 1. The average Bonchev–Trinajstić information content (AvgIpc) is 2.80. The molecule has 1 aliphatic carbocycles. The zero-order valence-electron chi connectivity index (χ0n) is 18.9. The number of aliphatic hydroxyl groups excluding tert-OH is 1. The van der Waals surface area contributed by atoms with Crippen LogP contribution in [0.15, 0.2) is 30.4 Å². The van der Waals surface area contributed by atoms with E-state index in [-0.39, 0.29) is 24.4 Å². The Hall–Kier alpha value is -1.40. The lowest BCUT2D eigenvalue weighted by atomic mass is 9.82. The summed E-state index contributed by atoms with van der Waals surface area (Å²) in [6.45, 7) is 5.69. The van der Waals surface area contributed by atoms with E-state index < -0.39 is 12.6 Å². The van der Waals surface area contributed by atoms with E-state index in [9.17, 15) is 4.79 Å². The molecule has 1 saturated carbocycles. The molecule has 6 heteroatoms. The molecule has 1 fully saturated rings. The van der Waals surface area contributed by atoms with Crippen LogP contribution in [0.1, 0.15) is 68.9 Å². The van der Waals surface area contributed by atoms with Crippen molar-refractivity contribution in [3.8, 4) is 0 Å². The second-order valence-corrected chi connectivity index (χ2v) is 8.74. The molecule has 1 unspecified atom stereocenters. The topological polar surface area (TPSA) is 65.0 Å². The van der Waals surface area contributed by atoms with Gasteiger partial charge in [-0.1, -0.05) is 50.1 Å². The molecule has 1 aliphatic rings. The molecular formula is C25H37ClO5. The molecule has 0 aromatic heterocycles. The minimum absolute atomic E-state index is 0.0307. The fraction of sp³-hybridized carbons (Fsp3) is 0.640. The number of hydrogen-bond donors (Lipinski definition) is 1. The summed E-state index contributed by atoms with van der Waals surface area (Å²) in [6, 6.07) is 6.60. The first-order valence-electron chi connectivity index (χ1n) is 11.4. The minimum Gasteiger partial charge on any atom is -0.459 e. The van der Waals surface area contributed by atoms with Crippen molar-refractivity contribution in [2.75, 3.05) is 26.9 Å². The number of benzene rings is 1. The van der Waals surface area contributed by atoms with Gasteiger partial charge in [0.15, 0.2) is 0 Å². The van der Waals surface area contributed by atoms with Gasteiger partial charge in [-0.2, -0.15) is 0 Å². The van der Waals surface area contributed by atoms with E-state index in [1.54, 1.807) is 7.11 Å². The molecule has 0 heterocycles. The SMILES string of the molecule is C=C(CO)C(=O)OCC(COC1CCC(c2ccc(CCCCC)c(Cl)c2)CC1)OC. The summed E-state index contributed by atoms with van der Waals surface area (Å²) in [7, 11) is 1.56. The molecule has 1 atom stereocenters. The molecule has 31 heavy (non-hydrogen) atoms. The predicted octanol–water partition coefficient (Wildman–Crippen LogP) is 5.22. The van der Waals surface area contributed by atoms with Crippen LogP contribution in [0.2, 0.25) is 5.02 Å². The number of aliphatic hydroxyl groups is 1. The van der Waals surface area contributed by atoms with E-state index >= 15 is 0 Å². The Morgan fingerprint density at radius 1 is 1.23 bits per heavy atom. The van der Waals surface area contributed by atoms with Crippen molar-refractivity contribution in [3.05, 3.63) is 46.5 Å². The van der Waals surface area contributed by atoms with Crippen LogP contribution in [0.3, 0.4) is 0 Å². The zero-order valence-corrected chi connectivity index (χ0v) is 19.7. The van der Waals surface area contributed by atoms with Crippen molar-refractivity contribution in [1.29, 1.82) is 0 Å². The third kappa shape index (κ3) is 8.57. The van der Waals surface area contributed by atoms with E-state index in [0.717, 1.165) is 37.1 Å². The first-order valence-corrected chi connectivity index (χ1v) is 11.7. The maximum atomic E-state index is 11.6. The highest BCUT2D eigenvalue weighted by atomic mass is 35.5. The van der Waals surface area contributed by atoms with Crippen molar-refractivity contribution in [3.63, 3.8) is 0 Å². The van der Waals surface area contributed by atoms with E-state index in [2.05, 4.69) is 31.7 Å². The Kier molecular flexibility index (Phi) is 11.6. The summed E-state index contributed by atoms with van der Waals surface area (Å²) in [6.07, 6.45) is 8.65. The quantitative estimate of drug-likeness (QED) is 0.252. The fourth-order valence-electron chi connectivity index (χ4n) is 3.91. The van der Waals surface area contributed by atoms with Crippen molar-refractivity contribution < 1.29 is 24.1 Å². The Balaban J connectivity index is 1.74. The smallest absolute Gasteiger partial charge is 0.335 e. The Bertz CT molecular complexity index is 697. The summed E-state index contributed by atoms with van der Waals surface area (Å²) < 4.78 is 16.5. The number of unbranched alkanes of at least 4 members (excludes halogenated alkanes) is 2. The van der Waals surface area contributed by atoms with Gasteiger partial charge in [-0.15, -0.1) is 0 Å². The zero-order chi connectivity index (χ0) is 22.6. The molecule has 0 spiro atoms. The standard InChI is InChI=1S/C25H37ClO5/c1-4-5-6-7-20-8-9-21(14-24(20)26)19-10-12-22(13-11-19)30-16-23(29-3)17-31-25(28)18(2)15-27/h8-9,14,19,22-23,27H,2,4-7,10-13,15-17H2,1,3H3. The van der Waals surface area contributed by atoms with Crippen LogP contribution in [0.25, 0.3) is 0 Å². The first kappa shape index (κ1) is 25.9. The van der Waals surface area contributed by atoms with Crippen LogP contribution >= 0.6 is 11.6 Å². The van der Waals surface area contributed by atoms with Gasteiger partial charge in [-0.25, -0.2) is 4.79 Å². The number of esters is 1. The maximum Gasteiger partial charge on any atom is 0.335 e. The lowest BCUT2D eigenvalue weighted by Gasteiger charge is -2.30. The molecule has 0 bridgehead atoms. The molecule has 5 nitrogen and oxygen atoms in total. The Morgan fingerprint density at radius 2 is 1.97 bits per heavy atom. The van der Waals surface area contributed by atoms with Gasteiger partial charge in [0.1, 0.15) is 12.7 Å². The number of methoxy groups -OCH3 is 1. The highest BCUT2D eigenvalue weighted by Crippen LogP contribution is 2.36. The molecule has 174 valence electrons. The van der Waals surface area contributed by atoms with E-state index in [4.69, 9.17) is 30.9 Å². The van der Waals surface area contributed by atoms with E-state index in [0.29, 0.717) is 12.5 Å². The van der Waals surface area contributed by atoms with Gasteiger partial charge in [-0.05, 0) is 61.6 Å². The molecule has 2 rings (SSSR count). The number of halogens is 1.